The summed E-state index contributed by atoms with van der Waals surface area (Å²) in [6, 6.07) is 4.16. The second-order valence-corrected chi connectivity index (χ2v) is 5.00. The topological polar surface area (TPSA) is 45.2 Å². The highest BCUT2D eigenvalue weighted by molar-refractivity contribution is 5.94. The Bertz CT molecular complexity index is 440. The van der Waals surface area contributed by atoms with Crippen LogP contribution in [0, 0.1) is 0 Å². The van der Waals surface area contributed by atoms with Gasteiger partial charge in [0.05, 0.1) is 0 Å². The predicted molar refractivity (Wildman–Crippen MR) is 68.2 cm³/mol. The first-order valence-electron chi connectivity index (χ1n) is 6.07. The quantitative estimate of drug-likeness (QED) is 0.853. The molecule has 0 aliphatic carbocycles. The van der Waals surface area contributed by atoms with E-state index < -0.39 is 0 Å². The average molecular weight is 233 g/mol. The number of carbonyl (C=O) groups excluding carboxylic acids is 1. The molecule has 17 heavy (non-hydrogen) atoms. The molecule has 1 aliphatic heterocycles. The first-order valence-corrected chi connectivity index (χ1v) is 6.07. The van der Waals surface area contributed by atoms with Gasteiger partial charge >= 0.3 is 6.03 Å². The molecule has 0 radical (unpaired) electrons. The normalized spacial score (nSPS) is 15.2. The van der Waals surface area contributed by atoms with Gasteiger partial charge in [0.15, 0.2) is 0 Å². The second-order valence-electron chi connectivity index (χ2n) is 5.00. The molecule has 2 amide bonds. The van der Waals surface area contributed by atoms with E-state index in [2.05, 4.69) is 30.2 Å². The minimum atomic E-state index is -0.0547. The zero-order valence-electron chi connectivity index (χ0n) is 10.8. The summed E-state index contributed by atoms with van der Waals surface area (Å²) in [4.78, 5) is 18.2. The summed E-state index contributed by atoms with van der Waals surface area (Å²) < 4.78 is 0. The number of fused-ring (bicyclic) bond motifs is 1. The van der Waals surface area contributed by atoms with E-state index in [1.807, 2.05) is 19.9 Å². The largest absolute Gasteiger partial charge is 0.333 e. The fourth-order valence-corrected chi connectivity index (χ4v) is 1.99. The summed E-state index contributed by atoms with van der Waals surface area (Å²) in [6.45, 7) is 8.79. The number of nitrogens with zero attached hydrogens (tertiary/aromatic N) is 2. The molecule has 2 rings (SSSR count). The van der Waals surface area contributed by atoms with Crippen LogP contribution in [0.15, 0.2) is 12.1 Å². The third-order valence-electron chi connectivity index (χ3n) is 2.96. The lowest BCUT2D eigenvalue weighted by molar-refractivity contribution is 0.242. The molecule has 1 N–H and O–H groups in total. The van der Waals surface area contributed by atoms with Crippen LogP contribution >= 0.6 is 0 Å². The molecule has 0 saturated carbocycles. The Kier molecular flexibility index (Phi) is 3.05. The molecule has 1 aromatic rings. The van der Waals surface area contributed by atoms with Crippen molar-refractivity contribution >= 4 is 11.8 Å². The Labute approximate surface area is 102 Å². The minimum Gasteiger partial charge on any atom is -0.333 e. The SMILES string of the molecule is CC(C)c1ccc2c(n1)N(C(C)C)C(=O)NC2. The lowest BCUT2D eigenvalue weighted by Crippen LogP contribution is -2.48. The average Bonchev–Trinajstić information content (AvgIpc) is 2.27. The van der Waals surface area contributed by atoms with Gasteiger partial charge < -0.3 is 5.32 Å². The highest BCUT2D eigenvalue weighted by atomic mass is 16.2. The van der Waals surface area contributed by atoms with Crippen molar-refractivity contribution in [3.63, 3.8) is 0 Å². The Balaban J connectivity index is 2.48. The summed E-state index contributed by atoms with van der Waals surface area (Å²) in [7, 11) is 0. The first kappa shape index (κ1) is 11.9. The molecule has 2 heterocycles. The van der Waals surface area contributed by atoms with Gasteiger partial charge in [0, 0.05) is 23.8 Å². The maximum absolute atomic E-state index is 11.9. The third-order valence-corrected chi connectivity index (χ3v) is 2.96. The summed E-state index contributed by atoms with van der Waals surface area (Å²) in [5, 5.41) is 2.87. The highest BCUT2D eigenvalue weighted by Gasteiger charge is 2.27. The minimum absolute atomic E-state index is 0.0547. The van der Waals surface area contributed by atoms with Crippen molar-refractivity contribution in [2.75, 3.05) is 4.90 Å². The number of pyridine rings is 1. The maximum Gasteiger partial charge on any atom is 0.323 e. The fourth-order valence-electron chi connectivity index (χ4n) is 1.99. The number of hydrogen-bond acceptors (Lipinski definition) is 2. The number of amides is 2. The van der Waals surface area contributed by atoms with Crippen molar-refractivity contribution in [3.8, 4) is 0 Å². The van der Waals surface area contributed by atoms with Gasteiger partial charge in [-0.1, -0.05) is 19.9 Å². The molecule has 4 heteroatoms. The Morgan fingerprint density at radius 2 is 2.00 bits per heavy atom. The van der Waals surface area contributed by atoms with Crippen molar-refractivity contribution < 1.29 is 4.79 Å². The van der Waals surface area contributed by atoms with E-state index in [4.69, 9.17) is 0 Å². The van der Waals surface area contributed by atoms with Gasteiger partial charge in [0.25, 0.3) is 0 Å². The Hall–Kier alpha value is -1.58. The Morgan fingerprint density at radius 1 is 1.29 bits per heavy atom. The van der Waals surface area contributed by atoms with Crippen LogP contribution in [0.25, 0.3) is 0 Å². The monoisotopic (exact) mass is 233 g/mol. The molecule has 4 nitrogen and oxygen atoms in total. The number of urea groups is 1. The van der Waals surface area contributed by atoms with Crippen LogP contribution in [-0.4, -0.2) is 17.1 Å². The molecule has 1 aliphatic rings. The van der Waals surface area contributed by atoms with E-state index >= 15 is 0 Å². The molecule has 0 spiro atoms. The van der Waals surface area contributed by atoms with E-state index in [0.717, 1.165) is 17.1 Å². The molecule has 0 fully saturated rings. The van der Waals surface area contributed by atoms with Crippen molar-refractivity contribution in [2.45, 2.75) is 46.2 Å². The number of carbonyl (C=O) groups is 1. The molecular formula is C13H19N3O. The van der Waals surface area contributed by atoms with Gasteiger partial charge in [-0.3, -0.25) is 4.90 Å². The number of aromatic nitrogens is 1. The van der Waals surface area contributed by atoms with Gasteiger partial charge in [0.2, 0.25) is 0 Å². The van der Waals surface area contributed by atoms with Crippen LogP contribution in [0.3, 0.4) is 0 Å². The van der Waals surface area contributed by atoms with Crippen LogP contribution in [0.1, 0.15) is 44.9 Å². The lowest BCUT2D eigenvalue weighted by atomic mass is 10.1. The number of rotatable bonds is 2. The van der Waals surface area contributed by atoms with Crippen LogP contribution in [0.4, 0.5) is 10.6 Å². The lowest BCUT2D eigenvalue weighted by Gasteiger charge is -2.32. The zero-order chi connectivity index (χ0) is 12.6. The van der Waals surface area contributed by atoms with Gasteiger partial charge in [-0.05, 0) is 25.8 Å². The molecule has 0 aromatic carbocycles. The van der Waals surface area contributed by atoms with E-state index in [9.17, 15) is 4.79 Å². The fraction of sp³-hybridized carbons (Fsp3) is 0.538. The van der Waals surface area contributed by atoms with Gasteiger partial charge in [-0.25, -0.2) is 9.78 Å². The predicted octanol–water partition coefficient (Wildman–Crippen LogP) is 2.64. The highest BCUT2D eigenvalue weighted by Crippen LogP contribution is 2.26. The van der Waals surface area contributed by atoms with Crippen LogP contribution in [-0.2, 0) is 6.54 Å². The zero-order valence-corrected chi connectivity index (χ0v) is 10.8. The summed E-state index contributed by atoms with van der Waals surface area (Å²) in [6.07, 6.45) is 0. The molecule has 0 unspecified atom stereocenters. The molecule has 92 valence electrons. The molecule has 0 bridgehead atoms. The standard InChI is InChI=1S/C13H19N3O/c1-8(2)11-6-5-10-7-14-13(17)16(9(3)4)12(10)15-11/h5-6,8-9H,7H2,1-4H3,(H,14,17). The van der Waals surface area contributed by atoms with Crippen molar-refractivity contribution in [3.05, 3.63) is 23.4 Å². The maximum atomic E-state index is 11.9. The van der Waals surface area contributed by atoms with Gasteiger partial charge in [0.1, 0.15) is 5.82 Å². The number of nitrogens with one attached hydrogen (secondary N) is 1. The number of hydrogen-bond donors (Lipinski definition) is 1. The van der Waals surface area contributed by atoms with Crippen molar-refractivity contribution in [2.24, 2.45) is 0 Å². The van der Waals surface area contributed by atoms with Gasteiger partial charge in [-0.2, -0.15) is 0 Å². The van der Waals surface area contributed by atoms with E-state index in [-0.39, 0.29) is 12.1 Å². The Morgan fingerprint density at radius 3 is 2.59 bits per heavy atom. The molecular weight excluding hydrogens is 214 g/mol. The smallest absolute Gasteiger partial charge is 0.323 e. The van der Waals surface area contributed by atoms with Crippen LogP contribution in [0.5, 0.6) is 0 Å². The van der Waals surface area contributed by atoms with Gasteiger partial charge in [-0.15, -0.1) is 0 Å². The van der Waals surface area contributed by atoms with E-state index in [1.165, 1.54) is 0 Å². The first-order chi connectivity index (χ1) is 8.00. The van der Waals surface area contributed by atoms with Crippen LogP contribution < -0.4 is 10.2 Å². The van der Waals surface area contributed by atoms with Crippen molar-refractivity contribution in [1.29, 1.82) is 0 Å². The molecule has 0 saturated heterocycles. The summed E-state index contributed by atoms with van der Waals surface area (Å²) >= 11 is 0. The van der Waals surface area contributed by atoms with Crippen LogP contribution in [0.2, 0.25) is 0 Å². The molecule has 1 aromatic heterocycles. The summed E-state index contributed by atoms with van der Waals surface area (Å²) in [5.74, 6) is 1.19. The third kappa shape index (κ3) is 2.12. The van der Waals surface area contributed by atoms with E-state index in [0.29, 0.717) is 12.5 Å². The van der Waals surface area contributed by atoms with E-state index in [1.54, 1.807) is 4.90 Å². The molecule has 0 atom stereocenters. The second kappa shape index (κ2) is 4.35. The summed E-state index contributed by atoms with van der Waals surface area (Å²) in [5.41, 5.74) is 2.12. The van der Waals surface area contributed by atoms with Crippen molar-refractivity contribution in [1.82, 2.24) is 10.3 Å². The number of anilines is 1.